The van der Waals surface area contributed by atoms with Crippen molar-refractivity contribution in [2.45, 2.75) is 51.5 Å². The van der Waals surface area contributed by atoms with Crippen molar-refractivity contribution in [1.82, 2.24) is 5.32 Å². The number of rotatable bonds is 3. The smallest absolute Gasteiger partial charge is 0.251 e. The van der Waals surface area contributed by atoms with E-state index in [1.807, 2.05) is 24.3 Å². The highest BCUT2D eigenvalue weighted by molar-refractivity contribution is 14.1. The van der Waals surface area contributed by atoms with Crippen LogP contribution in [0.3, 0.4) is 0 Å². The molecule has 0 aliphatic heterocycles. The molecule has 4 bridgehead atoms. The van der Waals surface area contributed by atoms with E-state index in [0.717, 1.165) is 26.9 Å². The van der Waals surface area contributed by atoms with Crippen LogP contribution >= 0.6 is 22.6 Å². The first-order valence-electron chi connectivity index (χ1n) is 8.60. The monoisotopic (exact) mass is 409 g/mol. The summed E-state index contributed by atoms with van der Waals surface area (Å²) in [5.41, 5.74) is 1.18. The Labute approximate surface area is 146 Å². The van der Waals surface area contributed by atoms with Gasteiger partial charge in [0.05, 0.1) is 0 Å². The predicted octanol–water partition coefficient (Wildman–Crippen LogP) is 4.63. The van der Waals surface area contributed by atoms with E-state index in [-0.39, 0.29) is 5.91 Å². The summed E-state index contributed by atoms with van der Waals surface area (Å²) in [5.74, 6) is 2.90. The molecule has 0 heterocycles. The summed E-state index contributed by atoms with van der Waals surface area (Å²) in [7, 11) is 0. The van der Waals surface area contributed by atoms with Crippen LogP contribution in [0.1, 0.15) is 55.8 Å². The van der Waals surface area contributed by atoms with Gasteiger partial charge in [0.15, 0.2) is 0 Å². The molecule has 4 aliphatic rings. The zero-order valence-electron chi connectivity index (χ0n) is 13.1. The molecule has 1 N–H and O–H groups in total. The molecule has 2 nitrogen and oxygen atoms in total. The van der Waals surface area contributed by atoms with Crippen LogP contribution in [0.25, 0.3) is 0 Å². The topological polar surface area (TPSA) is 29.1 Å². The summed E-state index contributed by atoms with van der Waals surface area (Å²) >= 11 is 2.27. The van der Waals surface area contributed by atoms with E-state index in [4.69, 9.17) is 0 Å². The van der Waals surface area contributed by atoms with Gasteiger partial charge in [0.25, 0.3) is 5.91 Å². The van der Waals surface area contributed by atoms with Gasteiger partial charge in [-0.1, -0.05) is 6.07 Å². The molecule has 0 radical (unpaired) electrons. The van der Waals surface area contributed by atoms with Gasteiger partial charge in [-0.05, 0) is 109 Å². The molecule has 4 aliphatic carbocycles. The molecule has 1 aromatic carbocycles. The minimum absolute atomic E-state index is 0.0989. The van der Waals surface area contributed by atoms with Gasteiger partial charge < -0.3 is 5.32 Å². The Morgan fingerprint density at radius 1 is 1.18 bits per heavy atom. The van der Waals surface area contributed by atoms with Crippen molar-refractivity contribution in [1.29, 1.82) is 0 Å². The van der Waals surface area contributed by atoms with E-state index in [2.05, 4.69) is 34.8 Å². The average Bonchev–Trinajstić information content (AvgIpc) is 2.45. The molecule has 118 valence electrons. The van der Waals surface area contributed by atoms with Crippen LogP contribution in [0, 0.1) is 26.7 Å². The molecular formula is C19H24INO. The van der Waals surface area contributed by atoms with E-state index in [1.165, 1.54) is 38.5 Å². The van der Waals surface area contributed by atoms with Crippen LogP contribution in [0.4, 0.5) is 0 Å². The Balaban J connectivity index is 1.50. The van der Waals surface area contributed by atoms with Gasteiger partial charge in [-0.2, -0.15) is 0 Å². The van der Waals surface area contributed by atoms with Crippen LogP contribution in [-0.4, -0.2) is 11.9 Å². The number of benzene rings is 1. The number of nitrogens with one attached hydrogen (secondary N) is 1. The third-order valence-corrected chi connectivity index (χ3v) is 7.11. The number of halogens is 1. The van der Waals surface area contributed by atoms with Crippen molar-refractivity contribution >= 4 is 28.5 Å². The average molecular weight is 409 g/mol. The van der Waals surface area contributed by atoms with Gasteiger partial charge in [0, 0.05) is 15.2 Å². The minimum Gasteiger partial charge on any atom is -0.349 e. The fourth-order valence-corrected chi connectivity index (χ4v) is 6.31. The lowest BCUT2D eigenvalue weighted by molar-refractivity contribution is -0.0688. The largest absolute Gasteiger partial charge is 0.349 e. The van der Waals surface area contributed by atoms with Crippen molar-refractivity contribution in [3.05, 3.63) is 33.4 Å². The molecule has 0 aromatic heterocycles. The SMILES string of the molecule is C[C@@H](NC(=O)c1cccc(I)c1)C12CC3CC(CC(C3)C1)C2. The lowest BCUT2D eigenvalue weighted by Gasteiger charge is -2.59. The molecule has 0 spiro atoms. The van der Waals surface area contributed by atoms with Crippen LogP contribution in [0.2, 0.25) is 0 Å². The number of carbonyl (C=O) groups excluding carboxylic acids is 1. The van der Waals surface area contributed by atoms with Gasteiger partial charge in [-0.3, -0.25) is 4.79 Å². The molecule has 5 rings (SSSR count). The zero-order chi connectivity index (χ0) is 15.3. The first kappa shape index (κ1) is 15.0. The van der Waals surface area contributed by atoms with Gasteiger partial charge in [0.1, 0.15) is 0 Å². The summed E-state index contributed by atoms with van der Waals surface area (Å²) in [6.45, 7) is 2.25. The minimum atomic E-state index is 0.0989. The van der Waals surface area contributed by atoms with Gasteiger partial charge in [0.2, 0.25) is 0 Å². The lowest BCUT2D eigenvalue weighted by Crippen LogP contribution is -2.55. The Hall–Kier alpha value is -0.580. The summed E-state index contributed by atoms with van der Waals surface area (Å²) in [6.07, 6.45) is 8.39. The molecule has 4 saturated carbocycles. The Bertz CT molecular complexity index is 562. The first-order chi connectivity index (χ1) is 10.5. The maximum Gasteiger partial charge on any atom is 0.251 e. The Morgan fingerprint density at radius 3 is 2.32 bits per heavy atom. The zero-order valence-corrected chi connectivity index (χ0v) is 15.3. The fraction of sp³-hybridized carbons (Fsp3) is 0.632. The number of hydrogen-bond donors (Lipinski definition) is 1. The molecule has 0 unspecified atom stereocenters. The number of hydrogen-bond acceptors (Lipinski definition) is 1. The van der Waals surface area contributed by atoms with Gasteiger partial charge in [-0.25, -0.2) is 0 Å². The van der Waals surface area contributed by atoms with E-state index < -0.39 is 0 Å². The van der Waals surface area contributed by atoms with Crippen LogP contribution in [-0.2, 0) is 0 Å². The second kappa shape index (κ2) is 5.50. The molecule has 22 heavy (non-hydrogen) atoms. The van der Waals surface area contributed by atoms with Crippen LogP contribution in [0.5, 0.6) is 0 Å². The van der Waals surface area contributed by atoms with Crippen molar-refractivity contribution in [2.75, 3.05) is 0 Å². The Morgan fingerprint density at radius 2 is 1.77 bits per heavy atom. The highest BCUT2D eigenvalue weighted by Crippen LogP contribution is 2.61. The third kappa shape index (κ3) is 2.59. The first-order valence-corrected chi connectivity index (χ1v) is 9.68. The van der Waals surface area contributed by atoms with Crippen molar-refractivity contribution in [3.8, 4) is 0 Å². The van der Waals surface area contributed by atoms with E-state index in [0.29, 0.717) is 11.5 Å². The summed E-state index contributed by atoms with van der Waals surface area (Å²) < 4.78 is 1.12. The molecule has 0 saturated heterocycles. The summed E-state index contributed by atoms with van der Waals surface area (Å²) in [4.78, 5) is 12.6. The van der Waals surface area contributed by atoms with E-state index in [1.54, 1.807) is 0 Å². The van der Waals surface area contributed by atoms with Crippen molar-refractivity contribution in [2.24, 2.45) is 23.2 Å². The van der Waals surface area contributed by atoms with Crippen LogP contribution < -0.4 is 5.32 Å². The van der Waals surface area contributed by atoms with Crippen molar-refractivity contribution < 1.29 is 4.79 Å². The maximum absolute atomic E-state index is 12.6. The maximum atomic E-state index is 12.6. The standard InChI is InChI=1S/C19H24INO/c1-12(21-18(22)16-3-2-4-17(20)8-16)19-9-13-5-14(10-19)7-15(6-13)11-19/h2-4,8,12-15H,5-7,9-11H2,1H3,(H,21,22)/t12-,13?,14?,15?,19?/m1/s1. The summed E-state index contributed by atoms with van der Waals surface area (Å²) in [5, 5.41) is 3.34. The predicted molar refractivity (Wildman–Crippen MR) is 96.7 cm³/mol. The van der Waals surface area contributed by atoms with E-state index in [9.17, 15) is 4.79 Å². The second-order valence-corrected chi connectivity index (χ2v) is 9.23. The fourth-order valence-electron chi connectivity index (χ4n) is 5.77. The second-order valence-electron chi connectivity index (χ2n) is 7.99. The summed E-state index contributed by atoms with van der Waals surface area (Å²) in [6, 6.07) is 8.18. The number of amides is 1. The van der Waals surface area contributed by atoms with Crippen molar-refractivity contribution in [3.63, 3.8) is 0 Å². The molecular weight excluding hydrogens is 385 g/mol. The molecule has 3 heteroatoms. The lowest BCUT2D eigenvalue weighted by atomic mass is 9.48. The molecule has 1 aromatic rings. The normalized spacial score (nSPS) is 37.1. The van der Waals surface area contributed by atoms with E-state index >= 15 is 0 Å². The molecule has 4 fully saturated rings. The highest BCUT2D eigenvalue weighted by atomic mass is 127. The quantitative estimate of drug-likeness (QED) is 0.725. The Kier molecular flexibility index (Phi) is 3.74. The van der Waals surface area contributed by atoms with Gasteiger partial charge in [-0.15, -0.1) is 0 Å². The van der Waals surface area contributed by atoms with Crippen LogP contribution in [0.15, 0.2) is 24.3 Å². The molecule has 1 amide bonds. The molecule has 1 atom stereocenters. The number of carbonyl (C=O) groups is 1. The van der Waals surface area contributed by atoms with Gasteiger partial charge >= 0.3 is 0 Å². The third-order valence-electron chi connectivity index (χ3n) is 6.44. The highest BCUT2D eigenvalue weighted by Gasteiger charge is 2.53.